The summed E-state index contributed by atoms with van der Waals surface area (Å²) in [5.41, 5.74) is 0. The molecule has 286 valence electrons. The zero-order valence-electron chi connectivity index (χ0n) is 25.0. The summed E-state index contributed by atoms with van der Waals surface area (Å²) in [6.07, 6.45) is 4.21. The summed E-state index contributed by atoms with van der Waals surface area (Å²) in [6.45, 7) is 20.4. The molecule has 0 aliphatic rings. The highest BCUT2D eigenvalue weighted by Crippen LogP contribution is 1.96. The van der Waals surface area contributed by atoms with Crippen LogP contribution in [0.25, 0.3) is 0 Å². The molecule has 0 bridgehead atoms. The van der Waals surface area contributed by atoms with Crippen LogP contribution in [0, 0.1) is 0 Å². The highest BCUT2D eigenvalue weighted by atomic mass is 16.6. The van der Waals surface area contributed by atoms with E-state index in [0.717, 1.165) is 19.3 Å². The Bertz CT molecular complexity index is 365. The molecule has 3 atom stereocenters. The van der Waals surface area contributed by atoms with E-state index in [-0.39, 0.29) is 59.4 Å². The van der Waals surface area contributed by atoms with E-state index in [4.69, 9.17) is 42.6 Å². The molecule has 9 nitrogen and oxygen atoms in total. The van der Waals surface area contributed by atoms with Crippen molar-refractivity contribution in [2.45, 2.75) is 139 Å². The SMILES string of the molecule is C.C.C.C.C.C.C.C.CCC(C)OCCOC.CCC(C)OCCOCCOC.CCC(C)OCCOCCOCCOC. The minimum absolute atomic E-state index is 0. The Hall–Kier alpha value is -0.360. The predicted molar refractivity (Wildman–Crippen MR) is 199 cm³/mol. The number of ether oxygens (including phenoxy) is 9. The normalized spacial score (nSPS) is 10.8. The Morgan fingerprint density at radius 1 is 0.318 bits per heavy atom. The minimum Gasteiger partial charge on any atom is -0.382 e. The van der Waals surface area contributed by atoms with Crippen molar-refractivity contribution < 1.29 is 42.6 Å². The van der Waals surface area contributed by atoms with Crippen molar-refractivity contribution in [2.24, 2.45) is 0 Å². The van der Waals surface area contributed by atoms with Crippen LogP contribution in [-0.4, -0.2) is 119 Å². The van der Waals surface area contributed by atoms with Gasteiger partial charge in [0.2, 0.25) is 0 Å². The second-order valence-electron chi connectivity index (χ2n) is 8.08. The van der Waals surface area contributed by atoms with Crippen molar-refractivity contribution in [3.8, 4) is 0 Å². The predicted octanol–water partition coefficient (Wildman–Crippen LogP) is 9.48. The molecule has 0 amide bonds. The first kappa shape index (κ1) is 74.5. The van der Waals surface area contributed by atoms with Crippen LogP contribution >= 0.6 is 0 Å². The average molecular weight is 657 g/mol. The van der Waals surface area contributed by atoms with Crippen LogP contribution in [-0.2, 0) is 42.6 Å². The zero-order valence-corrected chi connectivity index (χ0v) is 25.0. The van der Waals surface area contributed by atoms with E-state index in [0.29, 0.717) is 97.6 Å². The van der Waals surface area contributed by atoms with Gasteiger partial charge in [-0.05, 0) is 40.0 Å². The lowest BCUT2D eigenvalue weighted by Gasteiger charge is -2.10. The number of hydrogen-bond acceptors (Lipinski definition) is 9. The summed E-state index contributed by atoms with van der Waals surface area (Å²) in [4.78, 5) is 0. The van der Waals surface area contributed by atoms with E-state index in [1.54, 1.807) is 21.3 Å². The van der Waals surface area contributed by atoms with Gasteiger partial charge in [-0.1, -0.05) is 80.2 Å². The number of hydrogen-bond donors (Lipinski definition) is 0. The first-order valence-electron chi connectivity index (χ1n) is 13.5. The Morgan fingerprint density at radius 2 is 0.500 bits per heavy atom. The second kappa shape index (κ2) is 69.4. The molecule has 0 spiro atoms. The highest BCUT2D eigenvalue weighted by Gasteiger charge is 1.98. The Labute approximate surface area is 281 Å². The molecular weight excluding hydrogens is 564 g/mol. The summed E-state index contributed by atoms with van der Waals surface area (Å²) in [5, 5.41) is 0. The standard InChI is InChI=1S/C11H24O4.C9H20O3.C7H16O2.8CH4/c1-4-11(2)15-10-9-14-8-7-13-6-5-12-3;1-4-9(2)12-8-7-11-6-5-10-3;1-4-7(2)9-6-5-8-3;;;;;;;;/h11H,4-10H2,1-3H3;9H,4-8H2,1-3H3;7H,4-6H2,1-3H3;8*1H4. The minimum atomic E-state index is 0. The molecule has 0 saturated heterocycles. The van der Waals surface area contributed by atoms with E-state index in [2.05, 4.69) is 41.5 Å². The van der Waals surface area contributed by atoms with E-state index in [1.807, 2.05) is 0 Å². The van der Waals surface area contributed by atoms with Gasteiger partial charge < -0.3 is 42.6 Å². The number of methoxy groups -OCH3 is 3. The number of rotatable bonds is 24. The molecule has 3 unspecified atom stereocenters. The first-order chi connectivity index (χ1) is 17.4. The highest BCUT2D eigenvalue weighted by molar-refractivity contribution is 4.45. The maximum atomic E-state index is 5.45. The monoisotopic (exact) mass is 657 g/mol. The van der Waals surface area contributed by atoms with Gasteiger partial charge in [-0.3, -0.25) is 0 Å². The topological polar surface area (TPSA) is 83.1 Å². The van der Waals surface area contributed by atoms with Crippen LogP contribution in [0.15, 0.2) is 0 Å². The fourth-order valence-electron chi connectivity index (χ4n) is 2.01. The zero-order chi connectivity index (χ0) is 27.7. The third kappa shape index (κ3) is 78.3. The molecule has 0 saturated carbocycles. The fourth-order valence-corrected chi connectivity index (χ4v) is 2.01. The quantitative estimate of drug-likeness (QED) is 0.0943. The summed E-state index contributed by atoms with van der Waals surface area (Å²) < 4.78 is 46.4. The maximum Gasteiger partial charge on any atom is 0.0704 e. The molecule has 0 aromatic carbocycles. The molecule has 0 aromatic rings. The van der Waals surface area contributed by atoms with Crippen LogP contribution in [0.1, 0.15) is 120 Å². The lowest BCUT2D eigenvalue weighted by Crippen LogP contribution is -2.14. The van der Waals surface area contributed by atoms with Gasteiger partial charge in [0.1, 0.15) is 0 Å². The van der Waals surface area contributed by atoms with Crippen LogP contribution in [0.3, 0.4) is 0 Å². The van der Waals surface area contributed by atoms with Crippen LogP contribution < -0.4 is 0 Å². The van der Waals surface area contributed by atoms with E-state index < -0.39 is 0 Å². The molecule has 0 radical (unpaired) electrons. The third-order valence-electron chi connectivity index (χ3n) is 4.91. The van der Waals surface area contributed by atoms with Gasteiger partial charge in [-0.25, -0.2) is 0 Å². The smallest absolute Gasteiger partial charge is 0.0704 e. The molecule has 9 heteroatoms. The molecule has 0 heterocycles. The lowest BCUT2D eigenvalue weighted by atomic mass is 10.3. The molecule has 0 N–H and O–H groups in total. The Kier molecular flexibility index (Phi) is 117. The van der Waals surface area contributed by atoms with Gasteiger partial charge in [0.15, 0.2) is 0 Å². The lowest BCUT2D eigenvalue weighted by molar-refractivity contribution is -0.0125. The third-order valence-corrected chi connectivity index (χ3v) is 4.91. The molecule has 0 aromatic heterocycles. The van der Waals surface area contributed by atoms with Gasteiger partial charge in [-0.2, -0.15) is 0 Å². The Balaban J connectivity index is -0.0000000387. The van der Waals surface area contributed by atoms with Gasteiger partial charge in [0.05, 0.1) is 97.6 Å². The van der Waals surface area contributed by atoms with E-state index >= 15 is 0 Å². The largest absolute Gasteiger partial charge is 0.382 e. The summed E-state index contributed by atoms with van der Waals surface area (Å²) in [5.74, 6) is 0. The van der Waals surface area contributed by atoms with Crippen molar-refractivity contribution in [3.63, 3.8) is 0 Å². The van der Waals surface area contributed by atoms with Crippen molar-refractivity contribution in [3.05, 3.63) is 0 Å². The van der Waals surface area contributed by atoms with Crippen LogP contribution in [0.4, 0.5) is 0 Å². The van der Waals surface area contributed by atoms with E-state index in [1.165, 1.54) is 0 Å². The summed E-state index contributed by atoms with van der Waals surface area (Å²) >= 11 is 0. The molecule has 0 aliphatic carbocycles. The fraction of sp³-hybridized carbons (Fsp3) is 1.00. The van der Waals surface area contributed by atoms with Gasteiger partial charge in [-0.15, -0.1) is 0 Å². The second-order valence-corrected chi connectivity index (χ2v) is 8.08. The van der Waals surface area contributed by atoms with Crippen LogP contribution in [0.5, 0.6) is 0 Å². The van der Waals surface area contributed by atoms with Crippen molar-refractivity contribution in [1.29, 1.82) is 0 Å². The molecular formula is C35H92O9. The van der Waals surface area contributed by atoms with E-state index in [9.17, 15) is 0 Å². The van der Waals surface area contributed by atoms with Gasteiger partial charge in [0, 0.05) is 21.3 Å². The molecule has 0 aliphatic heterocycles. The maximum absolute atomic E-state index is 5.45. The van der Waals surface area contributed by atoms with Crippen molar-refractivity contribution in [1.82, 2.24) is 0 Å². The van der Waals surface area contributed by atoms with Gasteiger partial charge in [0.25, 0.3) is 0 Å². The summed E-state index contributed by atoms with van der Waals surface area (Å²) in [7, 11) is 5.01. The average Bonchev–Trinajstić information content (AvgIpc) is 2.90. The van der Waals surface area contributed by atoms with Crippen molar-refractivity contribution in [2.75, 3.05) is 101 Å². The van der Waals surface area contributed by atoms with Crippen LogP contribution in [0.2, 0.25) is 0 Å². The first-order valence-corrected chi connectivity index (χ1v) is 13.5. The molecule has 0 fully saturated rings. The van der Waals surface area contributed by atoms with Gasteiger partial charge >= 0.3 is 0 Å². The molecule has 44 heavy (non-hydrogen) atoms. The van der Waals surface area contributed by atoms with Crippen molar-refractivity contribution >= 4 is 0 Å². The molecule has 0 rings (SSSR count). The summed E-state index contributed by atoms with van der Waals surface area (Å²) in [6, 6.07) is 0. The Morgan fingerprint density at radius 3 is 0.727 bits per heavy atom.